The minimum absolute atomic E-state index is 0.0204. The zero-order chi connectivity index (χ0) is 17.0. The number of nitrogens with zero attached hydrogens (tertiary/aromatic N) is 1. The number of benzene rings is 2. The second-order valence-corrected chi connectivity index (χ2v) is 5.16. The molecule has 0 fully saturated rings. The number of nitro groups is 1. The van der Waals surface area contributed by atoms with Crippen LogP contribution in [0.3, 0.4) is 0 Å². The van der Waals surface area contributed by atoms with Gasteiger partial charge in [0.15, 0.2) is 0 Å². The van der Waals surface area contributed by atoms with E-state index in [1.165, 1.54) is 36.4 Å². The Morgan fingerprint density at radius 3 is 2.74 bits per heavy atom. The van der Waals surface area contributed by atoms with Gasteiger partial charge in [-0.1, -0.05) is 23.7 Å². The Morgan fingerprint density at radius 2 is 2.04 bits per heavy atom. The zero-order valence-corrected chi connectivity index (χ0v) is 12.8. The van der Waals surface area contributed by atoms with Gasteiger partial charge < -0.3 is 5.32 Å². The van der Waals surface area contributed by atoms with Crippen LogP contribution in [0.1, 0.15) is 11.1 Å². The smallest absolute Gasteiger partial charge is 0.288 e. The SMILES string of the molecule is Cc1ccc(F)cc1NC(=O)/C=C/c1ccc(Cl)c([N+](=O)[O-])c1. The molecule has 0 aliphatic heterocycles. The Labute approximate surface area is 136 Å². The molecule has 1 N–H and O–H groups in total. The van der Waals surface area contributed by atoms with Crippen molar-refractivity contribution in [2.45, 2.75) is 6.92 Å². The van der Waals surface area contributed by atoms with Crippen LogP contribution in [0.25, 0.3) is 6.08 Å². The number of rotatable bonds is 4. The van der Waals surface area contributed by atoms with E-state index in [0.717, 1.165) is 5.56 Å². The van der Waals surface area contributed by atoms with E-state index >= 15 is 0 Å². The molecule has 0 heterocycles. The van der Waals surface area contributed by atoms with Crippen LogP contribution in [0.5, 0.6) is 0 Å². The highest BCUT2D eigenvalue weighted by molar-refractivity contribution is 6.32. The van der Waals surface area contributed by atoms with Gasteiger partial charge in [-0.3, -0.25) is 14.9 Å². The van der Waals surface area contributed by atoms with Gasteiger partial charge in [0, 0.05) is 17.8 Å². The van der Waals surface area contributed by atoms with Crippen LogP contribution in [0.15, 0.2) is 42.5 Å². The predicted octanol–water partition coefficient (Wildman–Crippen LogP) is 4.35. The van der Waals surface area contributed by atoms with Crippen LogP contribution >= 0.6 is 11.6 Å². The Kier molecular flexibility index (Phi) is 5.08. The minimum atomic E-state index is -0.601. The number of nitrogens with one attached hydrogen (secondary N) is 1. The van der Waals surface area contributed by atoms with Crippen LogP contribution in [0, 0.1) is 22.9 Å². The molecule has 0 spiro atoms. The lowest BCUT2D eigenvalue weighted by Gasteiger charge is -2.06. The van der Waals surface area contributed by atoms with Crippen molar-refractivity contribution < 1.29 is 14.1 Å². The van der Waals surface area contributed by atoms with Crippen molar-refractivity contribution >= 4 is 35.0 Å². The number of nitro benzene ring substituents is 1. The second-order valence-electron chi connectivity index (χ2n) is 4.75. The molecule has 2 aromatic carbocycles. The van der Waals surface area contributed by atoms with Crippen LogP contribution in [0.4, 0.5) is 15.8 Å². The number of anilines is 1. The molecule has 0 aliphatic carbocycles. The third-order valence-electron chi connectivity index (χ3n) is 3.05. The molecule has 0 saturated carbocycles. The lowest BCUT2D eigenvalue weighted by molar-refractivity contribution is -0.384. The largest absolute Gasteiger partial charge is 0.322 e. The van der Waals surface area contributed by atoms with Crippen molar-refractivity contribution in [3.63, 3.8) is 0 Å². The number of hydrogen-bond donors (Lipinski definition) is 1. The summed E-state index contributed by atoms with van der Waals surface area (Å²) < 4.78 is 13.2. The quantitative estimate of drug-likeness (QED) is 0.513. The molecule has 118 valence electrons. The average Bonchev–Trinajstić information content (AvgIpc) is 2.50. The van der Waals surface area contributed by atoms with Gasteiger partial charge >= 0.3 is 0 Å². The van der Waals surface area contributed by atoms with E-state index in [0.29, 0.717) is 11.3 Å². The summed E-state index contributed by atoms with van der Waals surface area (Å²) >= 11 is 5.71. The van der Waals surface area contributed by atoms with Gasteiger partial charge in [0.05, 0.1) is 4.92 Å². The van der Waals surface area contributed by atoms with Gasteiger partial charge in [-0.05, 0) is 42.3 Å². The normalized spacial score (nSPS) is 10.7. The summed E-state index contributed by atoms with van der Waals surface area (Å²) in [4.78, 5) is 22.1. The highest BCUT2D eigenvalue weighted by Crippen LogP contribution is 2.25. The molecule has 0 atom stereocenters. The molecular formula is C16H12ClFN2O3. The monoisotopic (exact) mass is 334 g/mol. The molecule has 2 aromatic rings. The number of carbonyl (C=O) groups excluding carboxylic acids is 1. The number of carbonyl (C=O) groups is 1. The molecule has 0 bridgehead atoms. The van der Waals surface area contributed by atoms with E-state index in [1.54, 1.807) is 19.1 Å². The second kappa shape index (κ2) is 7.02. The summed E-state index contributed by atoms with van der Waals surface area (Å²) in [5.41, 5.74) is 1.29. The molecule has 0 aliphatic rings. The Balaban J connectivity index is 2.14. The minimum Gasteiger partial charge on any atom is -0.322 e. The maximum atomic E-state index is 13.2. The van der Waals surface area contributed by atoms with Crippen molar-refractivity contribution in [1.82, 2.24) is 0 Å². The lowest BCUT2D eigenvalue weighted by atomic mass is 10.1. The fraction of sp³-hybridized carbons (Fsp3) is 0.0625. The summed E-state index contributed by atoms with van der Waals surface area (Å²) in [6.07, 6.45) is 2.62. The van der Waals surface area contributed by atoms with Gasteiger partial charge in [0.25, 0.3) is 5.69 Å². The standard InChI is InChI=1S/C16H12ClFN2O3/c1-10-2-5-12(18)9-14(10)19-16(21)7-4-11-3-6-13(17)15(8-11)20(22)23/h2-9H,1H3,(H,19,21)/b7-4+. The molecule has 2 rings (SSSR count). The first-order chi connectivity index (χ1) is 10.9. The van der Waals surface area contributed by atoms with E-state index in [1.807, 2.05) is 0 Å². The molecule has 0 aromatic heterocycles. The maximum Gasteiger partial charge on any atom is 0.288 e. The molecule has 23 heavy (non-hydrogen) atoms. The fourth-order valence-electron chi connectivity index (χ4n) is 1.85. The maximum absolute atomic E-state index is 13.2. The highest BCUT2D eigenvalue weighted by atomic mass is 35.5. The summed E-state index contributed by atoms with van der Waals surface area (Å²) in [6, 6.07) is 8.26. The molecular weight excluding hydrogens is 323 g/mol. The Morgan fingerprint density at radius 1 is 1.30 bits per heavy atom. The summed E-state index contributed by atoms with van der Waals surface area (Å²) in [5, 5.41) is 13.4. The molecule has 0 saturated heterocycles. The van der Waals surface area contributed by atoms with E-state index in [2.05, 4.69) is 5.32 Å². The zero-order valence-electron chi connectivity index (χ0n) is 12.0. The Hall–Kier alpha value is -2.73. The topological polar surface area (TPSA) is 72.2 Å². The third kappa shape index (κ3) is 4.37. The van der Waals surface area contributed by atoms with Crippen LogP contribution < -0.4 is 5.32 Å². The number of hydrogen-bond acceptors (Lipinski definition) is 3. The van der Waals surface area contributed by atoms with E-state index in [-0.39, 0.29) is 10.7 Å². The number of aryl methyl sites for hydroxylation is 1. The summed E-state index contributed by atoms with van der Waals surface area (Å²) in [5.74, 6) is -0.931. The van der Waals surface area contributed by atoms with Crippen LogP contribution in [0.2, 0.25) is 5.02 Å². The summed E-state index contributed by atoms with van der Waals surface area (Å²) in [6.45, 7) is 1.74. The van der Waals surface area contributed by atoms with Crippen molar-refractivity contribution in [2.24, 2.45) is 0 Å². The van der Waals surface area contributed by atoms with Gasteiger partial charge in [-0.2, -0.15) is 0 Å². The van der Waals surface area contributed by atoms with Gasteiger partial charge in [0.1, 0.15) is 10.8 Å². The molecule has 1 amide bonds. The Bertz CT molecular complexity index is 806. The first kappa shape index (κ1) is 16.6. The van der Waals surface area contributed by atoms with E-state index in [9.17, 15) is 19.3 Å². The molecule has 7 heteroatoms. The first-order valence-corrected chi connectivity index (χ1v) is 6.94. The van der Waals surface area contributed by atoms with Crippen LogP contribution in [-0.4, -0.2) is 10.8 Å². The third-order valence-corrected chi connectivity index (χ3v) is 3.37. The predicted molar refractivity (Wildman–Crippen MR) is 86.9 cm³/mol. The van der Waals surface area contributed by atoms with Crippen molar-refractivity contribution in [1.29, 1.82) is 0 Å². The van der Waals surface area contributed by atoms with Crippen molar-refractivity contribution in [3.8, 4) is 0 Å². The number of amides is 1. The average molecular weight is 335 g/mol. The highest BCUT2D eigenvalue weighted by Gasteiger charge is 2.11. The van der Waals surface area contributed by atoms with Crippen molar-refractivity contribution in [3.05, 3.63) is 74.6 Å². The first-order valence-electron chi connectivity index (χ1n) is 6.56. The van der Waals surface area contributed by atoms with Gasteiger partial charge in [0.2, 0.25) is 5.91 Å². The number of halogens is 2. The van der Waals surface area contributed by atoms with E-state index < -0.39 is 16.6 Å². The van der Waals surface area contributed by atoms with Gasteiger partial charge in [-0.25, -0.2) is 4.39 Å². The summed E-state index contributed by atoms with van der Waals surface area (Å²) in [7, 11) is 0. The molecule has 0 radical (unpaired) electrons. The van der Waals surface area contributed by atoms with Crippen molar-refractivity contribution in [2.75, 3.05) is 5.32 Å². The lowest BCUT2D eigenvalue weighted by Crippen LogP contribution is -2.09. The molecule has 0 unspecified atom stereocenters. The molecule has 5 nitrogen and oxygen atoms in total. The van der Waals surface area contributed by atoms with Gasteiger partial charge in [-0.15, -0.1) is 0 Å². The fourth-order valence-corrected chi connectivity index (χ4v) is 2.04. The van der Waals surface area contributed by atoms with Crippen LogP contribution in [-0.2, 0) is 4.79 Å². The van der Waals surface area contributed by atoms with E-state index in [4.69, 9.17) is 11.6 Å².